The third-order valence-electron chi connectivity index (χ3n) is 6.47. The second kappa shape index (κ2) is 7.76. The maximum Gasteiger partial charge on any atom is 0.305 e. The van der Waals surface area contributed by atoms with E-state index in [9.17, 15) is 9.59 Å². The van der Waals surface area contributed by atoms with Gasteiger partial charge in [-0.25, -0.2) is 4.39 Å². The van der Waals surface area contributed by atoms with Gasteiger partial charge in [0.05, 0.1) is 30.8 Å². The quantitative estimate of drug-likeness (QED) is 0.458. The lowest BCUT2D eigenvalue weighted by atomic mass is 10.1. The number of morpholine rings is 1. The van der Waals surface area contributed by atoms with Crippen molar-refractivity contribution >= 4 is 34.4 Å². The monoisotopic (exact) mass is 449 g/mol. The second-order valence-corrected chi connectivity index (χ2v) is 8.88. The number of halogens is 2. The Morgan fingerprint density at radius 1 is 1.42 bits per heavy atom. The van der Waals surface area contributed by atoms with Gasteiger partial charge in [0.2, 0.25) is 5.72 Å². The number of carbonyl (C=O) groups is 2. The fourth-order valence-electron chi connectivity index (χ4n) is 4.49. The summed E-state index contributed by atoms with van der Waals surface area (Å²) >= 11 is 6.37. The topological polar surface area (TPSA) is 63.8 Å². The van der Waals surface area contributed by atoms with E-state index in [1.54, 1.807) is 17.0 Å². The van der Waals surface area contributed by atoms with Crippen LogP contribution in [0.15, 0.2) is 18.3 Å². The van der Waals surface area contributed by atoms with E-state index in [-0.39, 0.29) is 29.5 Å². The van der Waals surface area contributed by atoms with Crippen molar-refractivity contribution < 1.29 is 23.5 Å². The molecule has 1 aliphatic carbocycles. The summed E-state index contributed by atoms with van der Waals surface area (Å²) in [5, 5.41) is 0.683. The number of hydrogen-bond acceptors (Lipinski definition) is 5. The van der Waals surface area contributed by atoms with Crippen LogP contribution in [0.25, 0.3) is 10.9 Å². The van der Waals surface area contributed by atoms with E-state index >= 15 is 4.39 Å². The molecule has 0 spiro atoms. The molecule has 1 amide bonds. The molecule has 3 aliphatic rings. The summed E-state index contributed by atoms with van der Waals surface area (Å²) in [6.07, 6.45) is 4.59. The van der Waals surface area contributed by atoms with Crippen LogP contribution in [0.2, 0.25) is 5.02 Å². The Morgan fingerprint density at radius 3 is 2.87 bits per heavy atom. The van der Waals surface area contributed by atoms with Crippen LogP contribution in [0.3, 0.4) is 0 Å². The van der Waals surface area contributed by atoms with Gasteiger partial charge in [-0.05, 0) is 31.4 Å². The molecule has 0 N–H and O–H groups in total. The Bertz CT molecular complexity index is 1050. The molecule has 3 fully saturated rings. The SMILES string of the molecule is COC(=O)CCCn1ccc2c(Cl)c(F)c(CN(C(=O)C34CN3CCO4)C3CC3)cc21. The fourth-order valence-corrected chi connectivity index (χ4v) is 4.78. The lowest BCUT2D eigenvalue weighted by Crippen LogP contribution is -2.44. The van der Waals surface area contributed by atoms with Crippen molar-refractivity contribution in [1.29, 1.82) is 0 Å². The molecule has 9 heteroatoms. The average Bonchev–Trinajstić information content (AvgIpc) is 3.66. The molecule has 2 unspecified atom stereocenters. The number of ether oxygens (including phenoxy) is 2. The number of hydrogen-bond donors (Lipinski definition) is 0. The van der Waals surface area contributed by atoms with E-state index < -0.39 is 11.5 Å². The molecule has 2 saturated heterocycles. The number of aryl methyl sites for hydroxylation is 1. The van der Waals surface area contributed by atoms with Crippen molar-refractivity contribution in [3.8, 4) is 0 Å². The van der Waals surface area contributed by atoms with Gasteiger partial charge in [-0.2, -0.15) is 0 Å². The molecule has 7 nitrogen and oxygen atoms in total. The van der Waals surface area contributed by atoms with Gasteiger partial charge >= 0.3 is 5.97 Å². The van der Waals surface area contributed by atoms with E-state index in [1.165, 1.54) is 7.11 Å². The first-order valence-corrected chi connectivity index (χ1v) is 11.0. The number of carbonyl (C=O) groups excluding carboxylic acids is 2. The number of esters is 1. The normalized spacial score (nSPS) is 24.3. The Labute approximate surface area is 184 Å². The summed E-state index contributed by atoms with van der Waals surface area (Å²) in [4.78, 5) is 28.4. The van der Waals surface area contributed by atoms with E-state index in [4.69, 9.17) is 16.3 Å². The van der Waals surface area contributed by atoms with Crippen molar-refractivity contribution in [2.75, 3.05) is 26.8 Å². The molecule has 3 heterocycles. The van der Waals surface area contributed by atoms with E-state index in [2.05, 4.69) is 4.74 Å². The number of fused-ring (bicyclic) bond motifs is 2. The predicted molar refractivity (Wildman–Crippen MR) is 112 cm³/mol. The summed E-state index contributed by atoms with van der Waals surface area (Å²) in [7, 11) is 1.37. The maximum atomic E-state index is 15.2. The summed E-state index contributed by atoms with van der Waals surface area (Å²) in [5.41, 5.74) is 0.353. The third-order valence-corrected chi connectivity index (χ3v) is 6.84. The average molecular weight is 450 g/mol. The van der Waals surface area contributed by atoms with Gasteiger partial charge in [0, 0.05) is 49.2 Å². The Hall–Kier alpha value is -2.16. The van der Waals surface area contributed by atoms with Gasteiger partial charge in [-0.15, -0.1) is 0 Å². The Balaban J connectivity index is 1.40. The van der Waals surface area contributed by atoms with E-state index in [0.29, 0.717) is 43.5 Å². The minimum Gasteiger partial charge on any atom is -0.469 e. The summed E-state index contributed by atoms with van der Waals surface area (Å²) in [6.45, 7) is 2.67. The van der Waals surface area contributed by atoms with Gasteiger partial charge < -0.3 is 18.9 Å². The van der Waals surface area contributed by atoms with E-state index in [0.717, 1.165) is 24.9 Å². The van der Waals surface area contributed by atoms with Crippen LogP contribution in [0.4, 0.5) is 4.39 Å². The molecule has 5 rings (SSSR count). The van der Waals surface area contributed by atoms with Crippen LogP contribution >= 0.6 is 11.6 Å². The van der Waals surface area contributed by atoms with Crippen molar-refractivity contribution in [3.05, 3.63) is 34.7 Å². The molecule has 166 valence electrons. The largest absolute Gasteiger partial charge is 0.469 e. The van der Waals surface area contributed by atoms with Gasteiger partial charge in [0.15, 0.2) is 0 Å². The van der Waals surface area contributed by atoms with Crippen molar-refractivity contribution in [1.82, 2.24) is 14.4 Å². The molecule has 1 aromatic heterocycles. The van der Waals surface area contributed by atoms with Crippen LogP contribution in [0.5, 0.6) is 0 Å². The zero-order chi connectivity index (χ0) is 21.8. The first-order valence-electron chi connectivity index (χ1n) is 10.7. The summed E-state index contributed by atoms with van der Waals surface area (Å²) in [5.74, 6) is -0.823. The zero-order valence-electron chi connectivity index (χ0n) is 17.4. The van der Waals surface area contributed by atoms with Crippen LogP contribution in [0, 0.1) is 5.82 Å². The first-order chi connectivity index (χ1) is 14.9. The minimum absolute atomic E-state index is 0.0609. The predicted octanol–water partition coefficient (Wildman–Crippen LogP) is 2.92. The highest BCUT2D eigenvalue weighted by Crippen LogP contribution is 2.43. The zero-order valence-corrected chi connectivity index (χ0v) is 18.2. The van der Waals surface area contributed by atoms with Crippen LogP contribution < -0.4 is 0 Å². The summed E-state index contributed by atoms with van der Waals surface area (Å²) < 4.78 is 27.5. The van der Waals surface area contributed by atoms with Crippen LogP contribution in [0.1, 0.15) is 31.2 Å². The second-order valence-electron chi connectivity index (χ2n) is 8.50. The molecule has 2 atom stereocenters. The number of methoxy groups -OCH3 is 1. The highest BCUT2D eigenvalue weighted by atomic mass is 35.5. The third kappa shape index (κ3) is 3.60. The molecule has 2 aliphatic heterocycles. The van der Waals surface area contributed by atoms with Crippen molar-refractivity contribution in [2.45, 2.75) is 50.5 Å². The maximum absolute atomic E-state index is 15.2. The standard InChI is InChI=1S/C22H25ClFN3O4/c1-30-18(28)3-2-7-25-8-6-16-17(25)11-14(20(24)19(16)23)12-27(15-4-5-15)21(29)22-13-26(22)9-10-31-22/h6,8,11,15H,2-5,7,9-10,12-13H2,1H3. The highest BCUT2D eigenvalue weighted by Gasteiger charge is 2.65. The lowest BCUT2D eigenvalue weighted by molar-refractivity contribution is -0.147. The van der Waals surface area contributed by atoms with Crippen LogP contribution in [-0.2, 0) is 32.2 Å². The molecular formula is C22H25ClFN3O4. The smallest absolute Gasteiger partial charge is 0.305 e. The van der Waals surface area contributed by atoms with Gasteiger partial charge in [-0.1, -0.05) is 11.6 Å². The number of rotatable bonds is 8. The number of benzene rings is 1. The first kappa shape index (κ1) is 20.7. The molecule has 1 aromatic carbocycles. The lowest BCUT2D eigenvalue weighted by Gasteiger charge is -2.26. The fraction of sp³-hybridized carbons (Fsp3) is 0.545. The number of aromatic nitrogens is 1. The molecule has 1 saturated carbocycles. The molecule has 31 heavy (non-hydrogen) atoms. The van der Waals surface area contributed by atoms with Crippen LogP contribution in [-0.4, -0.2) is 64.8 Å². The van der Waals surface area contributed by atoms with Crippen molar-refractivity contribution in [3.63, 3.8) is 0 Å². The highest BCUT2D eigenvalue weighted by molar-refractivity contribution is 6.35. The minimum atomic E-state index is -0.832. The Morgan fingerprint density at radius 2 is 2.23 bits per heavy atom. The molecule has 0 radical (unpaired) electrons. The Kier molecular flexibility index (Phi) is 5.19. The molecule has 0 bridgehead atoms. The van der Waals surface area contributed by atoms with E-state index in [1.807, 2.05) is 15.7 Å². The molecule has 2 aromatic rings. The van der Waals surface area contributed by atoms with Gasteiger partial charge in [-0.3, -0.25) is 14.5 Å². The summed E-state index contributed by atoms with van der Waals surface area (Å²) in [6, 6.07) is 3.67. The number of nitrogens with zero attached hydrogens (tertiary/aromatic N) is 3. The molecular weight excluding hydrogens is 425 g/mol. The van der Waals surface area contributed by atoms with Gasteiger partial charge in [0.25, 0.3) is 5.91 Å². The number of amides is 1. The van der Waals surface area contributed by atoms with Gasteiger partial charge in [0.1, 0.15) is 5.82 Å². The van der Waals surface area contributed by atoms with Crippen molar-refractivity contribution in [2.24, 2.45) is 0 Å².